The third-order valence-corrected chi connectivity index (χ3v) is 1.64. The number of allylic oxidation sites excluding steroid dienone is 1. The molecule has 1 aromatic rings. The summed E-state index contributed by atoms with van der Waals surface area (Å²) in [4.78, 5) is 1.63. The summed E-state index contributed by atoms with van der Waals surface area (Å²) in [5.74, 6) is 0. The Hall–Kier alpha value is -1.12. The summed E-state index contributed by atoms with van der Waals surface area (Å²) < 4.78 is 0. The zero-order valence-electron chi connectivity index (χ0n) is 5.91. The maximum Gasteiger partial charge on any atom is 0.108 e. The van der Waals surface area contributed by atoms with Gasteiger partial charge in [-0.15, -0.1) is 0 Å². The van der Waals surface area contributed by atoms with Crippen LogP contribution in [-0.4, -0.2) is 15.0 Å². The van der Waals surface area contributed by atoms with Crippen LogP contribution < -0.4 is 0 Å². The largest absolute Gasteiger partial charge is 0.187 e. The van der Waals surface area contributed by atoms with Crippen molar-refractivity contribution in [3.63, 3.8) is 0 Å². The lowest BCUT2D eigenvalue weighted by atomic mass is 10.1. The summed E-state index contributed by atoms with van der Waals surface area (Å²) in [5, 5.41) is 8.38. The molecule has 3 heteroatoms. The molecule has 0 N–H and O–H groups in total. The normalized spacial score (nSPS) is 15.3. The number of aromatic nitrogens is 3. The van der Waals surface area contributed by atoms with Crippen LogP contribution >= 0.6 is 0 Å². The quantitative estimate of drug-likeness (QED) is 0.526. The zero-order chi connectivity index (χ0) is 6.97. The molecule has 2 rings (SSSR count). The van der Waals surface area contributed by atoms with Crippen LogP contribution in [-0.2, 0) is 13.5 Å². The van der Waals surface area contributed by atoms with Crippen molar-refractivity contribution < 1.29 is 0 Å². The van der Waals surface area contributed by atoms with Gasteiger partial charge in [0, 0.05) is 7.05 Å². The molecule has 0 atom stereocenters. The van der Waals surface area contributed by atoms with Crippen molar-refractivity contribution in [3.8, 4) is 0 Å². The minimum atomic E-state index is 1.04. The van der Waals surface area contributed by atoms with E-state index in [2.05, 4.69) is 16.3 Å². The predicted molar refractivity (Wildman–Crippen MR) is 38.4 cm³/mol. The Morgan fingerprint density at radius 3 is 3.20 bits per heavy atom. The molecule has 0 radical (unpaired) electrons. The van der Waals surface area contributed by atoms with Crippen molar-refractivity contribution in [2.45, 2.75) is 12.8 Å². The summed E-state index contributed by atoms with van der Waals surface area (Å²) in [7, 11) is 1.85. The molecule has 0 saturated heterocycles. The van der Waals surface area contributed by atoms with Gasteiger partial charge in [0.25, 0.3) is 0 Å². The van der Waals surface area contributed by atoms with Crippen molar-refractivity contribution in [1.29, 1.82) is 0 Å². The standard InChI is InChI=1S/C7H9N3/c1-10-8-6-4-2-3-5-7(6)9-10/h2,4H,3,5H2,1H3. The van der Waals surface area contributed by atoms with E-state index in [-0.39, 0.29) is 0 Å². The molecular formula is C7H9N3. The SMILES string of the molecule is Cn1nc2c(n1)CCC=C2. The highest BCUT2D eigenvalue weighted by atomic mass is 15.5. The zero-order valence-corrected chi connectivity index (χ0v) is 5.91. The van der Waals surface area contributed by atoms with Gasteiger partial charge in [0.2, 0.25) is 0 Å². The predicted octanol–water partition coefficient (Wildman–Crippen LogP) is 0.774. The van der Waals surface area contributed by atoms with Crippen molar-refractivity contribution in [1.82, 2.24) is 15.0 Å². The molecule has 1 aromatic heterocycles. The van der Waals surface area contributed by atoms with Crippen LogP contribution in [0.1, 0.15) is 17.8 Å². The van der Waals surface area contributed by atoms with Gasteiger partial charge in [-0.3, -0.25) is 0 Å². The van der Waals surface area contributed by atoms with Crippen LogP contribution in [0, 0.1) is 0 Å². The molecule has 1 aliphatic rings. The summed E-state index contributed by atoms with van der Waals surface area (Å²) in [6.45, 7) is 0. The maximum atomic E-state index is 4.21. The van der Waals surface area contributed by atoms with Gasteiger partial charge < -0.3 is 0 Å². The third-order valence-electron chi connectivity index (χ3n) is 1.64. The van der Waals surface area contributed by atoms with E-state index in [1.54, 1.807) is 4.80 Å². The molecule has 0 aliphatic heterocycles. The molecular weight excluding hydrogens is 126 g/mol. The Morgan fingerprint density at radius 1 is 1.50 bits per heavy atom. The number of rotatable bonds is 0. The van der Waals surface area contributed by atoms with Crippen LogP contribution in [0.25, 0.3) is 6.08 Å². The highest BCUT2D eigenvalue weighted by Crippen LogP contribution is 2.13. The third kappa shape index (κ3) is 0.744. The first-order valence-corrected chi connectivity index (χ1v) is 3.43. The lowest BCUT2D eigenvalue weighted by Gasteiger charge is -1.97. The monoisotopic (exact) mass is 135 g/mol. The van der Waals surface area contributed by atoms with E-state index in [1.807, 2.05) is 13.1 Å². The van der Waals surface area contributed by atoms with Crippen LogP contribution in [0.2, 0.25) is 0 Å². The summed E-state index contributed by atoms with van der Waals surface area (Å²) in [6, 6.07) is 0. The summed E-state index contributed by atoms with van der Waals surface area (Å²) >= 11 is 0. The van der Waals surface area contributed by atoms with E-state index in [0.717, 1.165) is 24.2 Å². The van der Waals surface area contributed by atoms with Crippen molar-refractivity contribution in [3.05, 3.63) is 17.5 Å². The van der Waals surface area contributed by atoms with Gasteiger partial charge in [-0.2, -0.15) is 15.0 Å². The van der Waals surface area contributed by atoms with Crippen LogP contribution in [0.5, 0.6) is 0 Å². The average molecular weight is 135 g/mol. The fourth-order valence-corrected chi connectivity index (χ4v) is 1.18. The van der Waals surface area contributed by atoms with E-state index < -0.39 is 0 Å². The molecule has 0 aromatic carbocycles. The number of hydrogen-bond donors (Lipinski definition) is 0. The number of nitrogens with zero attached hydrogens (tertiary/aromatic N) is 3. The first-order valence-electron chi connectivity index (χ1n) is 3.43. The highest BCUT2D eigenvalue weighted by Gasteiger charge is 2.08. The van der Waals surface area contributed by atoms with Gasteiger partial charge in [-0.25, -0.2) is 0 Å². The van der Waals surface area contributed by atoms with E-state index in [4.69, 9.17) is 0 Å². The minimum Gasteiger partial charge on any atom is -0.187 e. The Morgan fingerprint density at radius 2 is 2.40 bits per heavy atom. The second-order valence-electron chi connectivity index (χ2n) is 2.46. The smallest absolute Gasteiger partial charge is 0.108 e. The van der Waals surface area contributed by atoms with E-state index in [1.165, 1.54) is 0 Å². The average Bonchev–Trinajstić information content (AvgIpc) is 2.27. The van der Waals surface area contributed by atoms with Crippen molar-refractivity contribution in [2.75, 3.05) is 0 Å². The topological polar surface area (TPSA) is 30.7 Å². The molecule has 0 spiro atoms. The molecule has 1 heterocycles. The fourth-order valence-electron chi connectivity index (χ4n) is 1.18. The van der Waals surface area contributed by atoms with Gasteiger partial charge in [-0.1, -0.05) is 6.08 Å². The van der Waals surface area contributed by atoms with E-state index in [0.29, 0.717) is 0 Å². The summed E-state index contributed by atoms with van der Waals surface area (Å²) in [5.41, 5.74) is 2.17. The Kier molecular flexibility index (Phi) is 1.09. The van der Waals surface area contributed by atoms with E-state index >= 15 is 0 Å². The first kappa shape index (κ1) is 5.65. The van der Waals surface area contributed by atoms with Gasteiger partial charge in [-0.05, 0) is 18.9 Å². The second-order valence-corrected chi connectivity index (χ2v) is 2.46. The maximum absolute atomic E-state index is 4.21. The Balaban J connectivity index is 2.53. The molecule has 0 unspecified atom stereocenters. The minimum absolute atomic E-state index is 1.04. The molecule has 0 bridgehead atoms. The summed E-state index contributed by atoms with van der Waals surface area (Å²) in [6.07, 6.45) is 6.31. The lowest BCUT2D eigenvalue weighted by molar-refractivity contribution is 0.644. The van der Waals surface area contributed by atoms with Gasteiger partial charge in [0.1, 0.15) is 5.69 Å². The molecule has 0 fully saturated rings. The Bertz CT molecular complexity index is 272. The van der Waals surface area contributed by atoms with Crippen molar-refractivity contribution >= 4 is 6.08 Å². The number of aryl methyl sites for hydroxylation is 2. The van der Waals surface area contributed by atoms with Crippen molar-refractivity contribution in [2.24, 2.45) is 7.05 Å². The highest BCUT2D eigenvalue weighted by molar-refractivity contribution is 5.48. The number of hydrogen-bond acceptors (Lipinski definition) is 2. The van der Waals surface area contributed by atoms with E-state index in [9.17, 15) is 0 Å². The molecule has 0 saturated carbocycles. The van der Waals surface area contributed by atoms with Crippen LogP contribution in [0.4, 0.5) is 0 Å². The van der Waals surface area contributed by atoms with Crippen LogP contribution in [0.15, 0.2) is 6.08 Å². The molecule has 3 nitrogen and oxygen atoms in total. The Labute approximate surface area is 59.4 Å². The number of fused-ring (bicyclic) bond motifs is 1. The van der Waals surface area contributed by atoms with Gasteiger partial charge in [0.15, 0.2) is 0 Å². The van der Waals surface area contributed by atoms with Crippen LogP contribution in [0.3, 0.4) is 0 Å². The molecule has 10 heavy (non-hydrogen) atoms. The molecule has 52 valence electrons. The molecule has 1 aliphatic carbocycles. The van der Waals surface area contributed by atoms with Gasteiger partial charge in [0.05, 0.1) is 5.69 Å². The molecule has 0 amide bonds. The van der Waals surface area contributed by atoms with Gasteiger partial charge >= 0.3 is 0 Å². The second kappa shape index (κ2) is 1.94. The first-order chi connectivity index (χ1) is 4.86. The lowest BCUT2D eigenvalue weighted by Crippen LogP contribution is -1.93. The fraction of sp³-hybridized carbons (Fsp3) is 0.429.